The maximum Gasteiger partial charge on any atom is 0.245 e. The zero-order valence-electron chi connectivity index (χ0n) is 11.1. The van der Waals surface area contributed by atoms with E-state index in [1.165, 1.54) is 7.05 Å². The predicted octanol–water partition coefficient (Wildman–Crippen LogP) is 1.33. The van der Waals surface area contributed by atoms with Crippen molar-refractivity contribution in [3.63, 3.8) is 0 Å². The van der Waals surface area contributed by atoms with Gasteiger partial charge in [-0.05, 0) is 25.3 Å². The van der Waals surface area contributed by atoms with Gasteiger partial charge >= 0.3 is 0 Å². The molecule has 1 rings (SSSR count). The molecule has 0 aromatic heterocycles. The number of unbranched alkanes of at least 4 members (excludes halogenated alkanes) is 2. The van der Waals surface area contributed by atoms with E-state index < -0.39 is 32.2 Å². The lowest BCUT2D eigenvalue weighted by Crippen LogP contribution is -2.29. The zero-order chi connectivity index (χ0) is 15.3. The number of hydrogen-bond acceptors (Lipinski definition) is 4. The van der Waals surface area contributed by atoms with Crippen LogP contribution in [0.5, 0.6) is 0 Å². The van der Waals surface area contributed by atoms with Crippen molar-refractivity contribution in [1.29, 1.82) is 0 Å². The van der Waals surface area contributed by atoms with Gasteiger partial charge in [0.15, 0.2) is 0 Å². The topological polar surface area (TPSA) is 83.6 Å². The molecule has 0 radical (unpaired) electrons. The summed E-state index contributed by atoms with van der Waals surface area (Å²) in [6, 6.07) is 1.24. The van der Waals surface area contributed by atoms with Crippen LogP contribution in [-0.4, -0.2) is 38.0 Å². The molecule has 8 heteroatoms. The lowest BCUT2D eigenvalue weighted by atomic mass is 10.2. The minimum absolute atomic E-state index is 0.0413. The number of sulfonamides is 1. The second kappa shape index (κ2) is 6.96. The quantitative estimate of drug-likeness (QED) is 0.588. The van der Waals surface area contributed by atoms with E-state index in [0.717, 1.165) is 10.4 Å². The van der Waals surface area contributed by atoms with Gasteiger partial charge in [0.1, 0.15) is 16.5 Å². The molecule has 0 saturated carbocycles. The first-order valence-corrected chi connectivity index (χ1v) is 7.56. The molecule has 0 unspecified atom stereocenters. The fourth-order valence-corrected chi connectivity index (χ4v) is 2.94. The highest BCUT2D eigenvalue weighted by molar-refractivity contribution is 7.89. The van der Waals surface area contributed by atoms with Crippen LogP contribution >= 0.6 is 0 Å². The molecule has 0 aliphatic rings. The summed E-state index contributed by atoms with van der Waals surface area (Å²) in [5.41, 5.74) is 4.86. The molecular formula is C12H18F2N2O3S. The first-order chi connectivity index (χ1) is 9.30. The molecule has 1 aromatic carbocycles. The summed E-state index contributed by atoms with van der Waals surface area (Å²) in [4.78, 5) is -0.638. The first-order valence-electron chi connectivity index (χ1n) is 6.12. The fourth-order valence-electron chi connectivity index (χ4n) is 1.65. The molecule has 0 aliphatic carbocycles. The predicted molar refractivity (Wildman–Crippen MR) is 71.5 cm³/mol. The number of aliphatic hydroxyl groups is 1. The van der Waals surface area contributed by atoms with E-state index in [1.54, 1.807) is 0 Å². The third kappa shape index (κ3) is 3.87. The summed E-state index contributed by atoms with van der Waals surface area (Å²) < 4.78 is 51.9. The molecule has 0 saturated heterocycles. The van der Waals surface area contributed by atoms with Gasteiger partial charge < -0.3 is 10.8 Å². The number of nitrogens with two attached hydrogens (primary N) is 1. The van der Waals surface area contributed by atoms with Crippen LogP contribution in [0.1, 0.15) is 19.3 Å². The number of halogens is 2. The highest BCUT2D eigenvalue weighted by Gasteiger charge is 2.25. The maximum atomic E-state index is 13.6. The van der Waals surface area contributed by atoms with Crippen molar-refractivity contribution in [3.8, 4) is 0 Å². The average Bonchev–Trinajstić information content (AvgIpc) is 2.38. The number of anilines is 1. The largest absolute Gasteiger partial charge is 0.396 e. The van der Waals surface area contributed by atoms with E-state index in [-0.39, 0.29) is 13.2 Å². The van der Waals surface area contributed by atoms with Crippen LogP contribution in [0.4, 0.5) is 14.5 Å². The summed E-state index contributed by atoms with van der Waals surface area (Å²) in [7, 11) is -2.73. The summed E-state index contributed by atoms with van der Waals surface area (Å²) in [5, 5.41) is 8.63. The van der Waals surface area contributed by atoms with Gasteiger partial charge in [-0.1, -0.05) is 0 Å². The number of nitrogens with zero attached hydrogens (tertiary/aromatic N) is 1. The Morgan fingerprint density at radius 3 is 2.45 bits per heavy atom. The molecule has 0 fully saturated rings. The number of hydrogen-bond donors (Lipinski definition) is 2. The highest BCUT2D eigenvalue weighted by atomic mass is 32.2. The molecule has 0 heterocycles. The molecule has 0 amide bonds. The molecular weight excluding hydrogens is 290 g/mol. The minimum Gasteiger partial charge on any atom is -0.396 e. The van der Waals surface area contributed by atoms with Crippen LogP contribution in [0.15, 0.2) is 17.0 Å². The number of rotatable bonds is 7. The molecule has 3 N–H and O–H groups in total. The van der Waals surface area contributed by atoms with Gasteiger partial charge in [-0.2, -0.15) is 0 Å². The van der Waals surface area contributed by atoms with E-state index in [2.05, 4.69) is 0 Å². The first kappa shape index (κ1) is 16.8. The Morgan fingerprint density at radius 1 is 1.20 bits per heavy atom. The van der Waals surface area contributed by atoms with Gasteiger partial charge in [0.25, 0.3) is 0 Å². The lowest BCUT2D eigenvalue weighted by molar-refractivity contribution is 0.281. The van der Waals surface area contributed by atoms with Gasteiger partial charge in [0.2, 0.25) is 10.0 Å². The summed E-state index contributed by atoms with van der Waals surface area (Å²) >= 11 is 0. The van der Waals surface area contributed by atoms with Crippen molar-refractivity contribution in [2.75, 3.05) is 25.9 Å². The molecule has 20 heavy (non-hydrogen) atoms. The molecule has 1 aromatic rings. The Hall–Kier alpha value is -1.25. The molecule has 5 nitrogen and oxygen atoms in total. The Morgan fingerprint density at radius 2 is 1.85 bits per heavy atom. The van der Waals surface area contributed by atoms with Crippen LogP contribution in [0, 0.1) is 11.6 Å². The number of benzene rings is 1. The summed E-state index contributed by atoms with van der Waals surface area (Å²) in [5.74, 6) is -2.16. The van der Waals surface area contributed by atoms with Crippen LogP contribution in [0.2, 0.25) is 0 Å². The second-order valence-electron chi connectivity index (χ2n) is 4.41. The second-order valence-corrected chi connectivity index (χ2v) is 6.43. The van der Waals surface area contributed by atoms with Gasteiger partial charge in [0, 0.05) is 26.3 Å². The molecule has 0 aliphatic heterocycles. The summed E-state index contributed by atoms with van der Waals surface area (Å²) in [6.45, 7) is 0.221. The van der Waals surface area contributed by atoms with Gasteiger partial charge in [0.05, 0.1) is 5.69 Å². The smallest absolute Gasteiger partial charge is 0.245 e. The zero-order valence-corrected chi connectivity index (χ0v) is 12.0. The van der Waals surface area contributed by atoms with Crippen molar-refractivity contribution in [1.82, 2.24) is 4.31 Å². The number of aliphatic hydroxyl groups excluding tert-OH is 1. The lowest BCUT2D eigenvalue weighted by Gasteiger charge is -2.17. The highest BCUT2D eigenvalue weighted by Crippen LogP contribution is 2.23. The Kier molecular flexibility index (Phi) is 5.85. The maximum absolute atomic E-state index is 13.6. The van der Waals surface area contributed by atoms with Crippen molar-refractivity contribution in [2.45, 2.75) is 24.2 Å². The molecule has 0 bridgehead atoms. The third-order valence-corrected chi connectivity index (χ3v) is 4.74. The standard InChI is InChI=1S/C12H18F2N2O3S/c1-16(5-3-2-4-6-17)20(18,19)12-8-11(15)9(13)7-10(12)14/h7-8,17H,2-6,15H2,1H3. The number of nitrogen functional groups attached to an aromatic ring is 1. The summed E-state index contributed by atoms with van der Waals surface area (Å²) in [6.07, 6.45) is 1.77. The average molecular weight is 308 g/mol. The molecule has 114 valence electrons. The SMILES string of the molecule is CN(CCCCCO)S(=O)(=O)c1cc(N)c(F)cc1F. The van der Waals surface area contributed by atoms with Crippen molar-refractivity contribution >= 4 is 15.7 Å². The Balaban J connectivity index is 2.90. The van der Waals surface area contributed by atoms with Gasteiger partial charge in [-0.25, -0.2) is 21.5 Å². The third-order valence-electron chi connectivity index (χ3n) is 2.87. The molecule has 0 spiro atoms. The Labute approximate surface area is 117 Å². The van der Waals surface area contributed by atoms with Crippen LogP contribution in [-0.2, 0) is 10.0 Å². The van der Waals surface area contributed by atoms with Crippen molar-refractivity contribution in [3.05, 3.63) is 23.8 Å². The van der Waals surface area contributed by atoms with E-state index >= 15 is 0 Å². The van der Waals surface area contributed by atoms with Gasteiger partial charge in [-0.15, -0.1) is 0 Å². The van der Waals surface area contributed by atoms with Crippen LogP contribution < -0.4 is 5.73 Å². The van der Waals surface area contributed by atoms with Crippen LogP contribution in [0.3, 0.4) is 0 Å². The van der Waals surface area contributed by atoms with E-state index in [0.29, 0.717) is 25.3 Å². The van der Waals surface area contributed by atoms with Crippen molar-refractivity contribution in [2.24, 2.45) is 0 Å². The minimum atomic E-state index is -4.05. The molecule has 0 atom stereocenters. The van der Waals surface area contributed by atoms with E-state index in [1.807, 2.05) is 0 Å². The van der Waals surface area contributed by atoms with Gasteiger partial charge in [-0.3, -0.25) is 0 Å². The van der Waals surface area contributed by atoms with E-state index in [9.17, 15) is 17.2 Å². The van der Waals surface area contributed by atoms with Crippen LogP contribution in [0.25, 0.3) is 0 Å². The fraction of sp³-hybridized carbons (Fsp3) is 0.500. The van der Waals surface area contributed by atoms with Crippen molar-refractivity contribution < 1.29 is 22.3 Å². The van der Waals surface area contributed by atoms with E-state index in [4.69, 9.17) is 10.8 Å². The normalized spacial score (nSPS) is 12.1. The Bertz CT molecular complexity index is 564. The monoisotopic (exact) mass is 308 g/mol.